The van der Waals surface area contributed by atoms with Gasteiger partial charge in [-0.2, -0.15) is 0 Å². The molecule has 1 aromatic heterocycles. The first-order valence-electron chi connectivity index (χ1n) is 9.18. The van der Waals surface area contributed by atoms with Crippen LogP contribution in [-0.2, 0) is 0 Å². The van der Waals surface area contributed by atoms with Crippen LogP contribution in [0.4, 0.5) is 5.69 Å². The summed E-state index contributed by atoms with van der Waals surface area (Å²) in [7, 11) is 0. The molecule has 0 atom stereocenters. The summed E-state index contributed by atoms with van der Waals surface area (Å²) in [6.45, 7) is 0. The Bertz CT molecular complexity index is 1030. The van der Waals surface area contributed by atoms with Gasteiger partial charge in [0.15, 0.2) is 0 Å². The van der Waals surface area contributed by atoms with Crippen LogP contribution in [0.25, 0.3) is 0 Å². The van der Waals surface area contributed by atoms with Gasteiger partial charge in [-0.3, -0.25) is 9.59 Å². The fourth-order valence-electron chi connectivity index (χ4n) is 2.64. The molecule has 3 aromatic rings. The Kier molecular flexibility index (Phi) is 5.57. The van der Waals surface area contributed by atoms with Gasteiger partial charge < -0.3 is 15.4 Å². The summed E-state index contributed by atoms with van der Waals surface area (Å²) in [6.07, 6.45) is 3.50. The van der Waals surface area contributed by atoms with Crippen LogP contribution in [0.5, 0.6) is 11.6 Å². The molecule has 0 unspecified atom stereocenters. The number of hydrogen-bond donors (Lipinski definition) is 2. The van der Waals surface area contributed by atoms with E-state index in [1.165, 1.54) is 6.20 Å². The monoisotopic (exact) mass is 451 g/mol. The third-order valence-electron chi connectivity index (χ3n) is 4.33. The molecule has 0 spiro atoms. The van der Waals surface area contributed by atoms with E-state index in [-0.39, 0.29) is 17.9 Å². The summed E-state index contributed by atoms with van der Waals surface area (Å²) in [5.74, 6) is 0.606. The molecule has 1 saturated carbocycles. The van der Waals surface area contributed by atoms with Crippen LogP contribution in [0, 0.1) is 0 Å². The molecule has 1 aliphatic rings. The smallest absolute Gasteiger partial charge is 0.257 e. The minimum atomic E-state index is -0.313. The predicted molar refractivity (Wildman–Crippen MR) is 113 cm³/mol. The number of carbonyl (C=O) groups excluding carboxylic acids is 2. The summed E-state index contributed by atoms with van der Waals surface area (Å²) >= 11 is 3.37. The second-order valence-corrected chi connectivity index (χ2v) is 7.64. The SMILES string of the molecule is O=C(Nc1cccc(C(=O)NC2CC2)c1)c1ccc(Oc2ccc(Br)cc2)nc1. The van der Waals surface area contributed by atoms with E-state index in [0.29, 0.717) is 28.4 Å². The summed E-state index contributed by atoms with van der Waals surface area (Å²) in [4.78, 5) is 28.8. The van der Waals surface area contributed by atoms with E-state index < -0.39 is 0 Å². The third kappa shape index (κ3) is 5.20. The van der Waals surface area contributed by atoms with Crippen molar-refractivity contribution in [1.29, 1.82) is 0 Å². The van der Waals surface area contributed by atoms with Crippen molar-refractivity contribution in [3.8, 4) is 11.6 Å². The van der Waals surface area contributed by atoms with Gasteiger partial charge in [0.25, 0.3) is 11.8 Å². The lowest BCUT2D eigenvalue weighted by Gasteiger charge is -2.09. The zero-order chi connectivity index (χ0) is 20.2. The number of nitrogens with one attached hydrogen (secondary N) is 2. The molecule has 4 rings (SSSR count). The van der Waals surface area contributed by atoms with E-state index >= 15 is 0 Å². The molecular formula is C22H18BrN3O3. The highest BCUT2D eigenvalue weighted by Gasteiger charge is 2.23. The Morgan fingerprint density at radius 1 is 0.966 bits per heavy atom. The molecule has 2 aromatic carbocycles. The van der Waals surface area contributed by atoms with Crippen LogP contribution >= 0.6 is 15.9 Å². The maximum atomic E-state index is 12.5. The molecular weight excluding hydrogens is 434 g/mol. The fourth-order valence-corrected chi connectivity index (χ4v) is 2.90. The first-order chi connectivity index (χ1) is 14.1. The largest absolute Gasteiger partial charge is 0.439 e. The van der Waals surface area contributed by atoms with Crippen LogP contribution in [0.3, 0.4) is 0 Å². The number of halogens is 1. The fraction of sp³-hybridized carbons (Fsp3) is 0.136. The summed E-state index contributed by atoms with van der Waals surface area (Å²) < 4.78 is 6.61. The number of benzene rings is 2. The van der Waals surface area contributed by atoms with Gasteiger partial charge in [-0.15, -0.1) is 0 Å². The second kappa shape index (κ2) is 8.45. The number of aromatic nitrogens is 1. The van der Waals surface area contributed by atoms with Crippen LogP contribution in [0.1, 0.15) is 33.6 Å². The highest BCUT2D eigenvalue weighted by Crippen LogP contribution is 2.22. The Morgan fingerprint density at radius 2 is 1.76 bits per heavy atom. The van der Waals surface area contributed by atoms with Gasteiger partial charge in [0.05, 0.1) is 5.56 Å². The van der Waals surface area contributed by atoms with Crippen molar-refractivity contribution >= 4 is 33.4 Å². The van der Waals surface area contributed by atoms with Crippen molar-refractivity contribution in [2.24, 2.45) is 0 Å². The van der Waals surface area contributed by atoms with E-state index in [9.17, 15) is 9.59 Å². The zero-order valence-electron chi connectivity index (χ0n) is 15.4. The number of ether oxygens (including phenoxy) is 1. The Hall–Kier alpha value is -3.19. The van der Waals surface area contributed by atoms with E-state index in [1.54, 1.807) is 36.4 Å². The molecule has 6 nitrogen and oxygen atoms in total. The summed E-state index contributed by atoms with van der Waals surface area (Å²) in [6, 6.07) is 17.8. The van der Waals surface area contributed by atoms with Gasteiger partial charge >= 0.3 is 0 Å². The molecule has 2 N–H and O–H groups in total. The quantitative estimate of drug-likeness (QED) is 0.564. The molecule has 1 aliphatic carbocycles. The molecule has 146 valence electrons. The topological polar surface area (TPSA) is 80.3 Å². The standard InChI is InChI=1S/C22H18BrN3O3/c23-16-5-9-19(10-6-16)29-20-11-4-15(13-24-20)22(28)26-18-3-1-2-14(12-18)21(27)25-17-7-8-17/h1-6,9-13,17H,7-8H2,(H,25,27)(H,26,28). The lowest BCUT2D eigenvalue weighted by atomic mass is 10.1. The third-order valence-corrected chi connectivity index (χ3v) is 4.86. The Morgan fingerprint density at radius 3 is 2.45 bits per heavy atom. The highest BCUT2D eigenvalue weighted by molar-refractivity contribution is 9.10. The van der Waals surface area contributed by atoms with Crippen molar-refractivity contribution in [3.05, 3.63) is 82.5 Å². The van der Waals surface area contributed by atoms with E-state index in [0.717, 1.165) is 17.3 Å². The van der Waals surface area contributed by atoms with Crippen LogP contribution in [-0.4, -0.2) is 22.8 Å². The molecule has 0 radical (unpaired) electrons. The van der Waals surface area contributed by atoms with Crippen molar-refractivity contribution in [2.75, 3.05) is 5.32 Å². The second-order valence-electron chi connectivity index (χ2n) is 6.72. The molecule has 0 saturated heterocycles. The normalized spacial score (nSPS) is 12.9. The van der Waals surface area contributed by atoms with Crippen LogP contribution in [0.15, 0.2) is 71.3 Å². The van der Waals surface area contributed by atoms with Gasteiger partial charge in [-0.05, 0) is 61.4 Å². The van der Waals surface area contributed by atoms with Crippen LogP contribution < -0.4 is 15.4 Å². The average molecular weight is 452 g/mol. The molecule has 1 heterocycles. The Balaban J connectivity index is 1.39. The Labute approximate surface area is 176 Å². The van der Waals surface area contributed by atoms with Crippen molar-refractivity contribution < 1.29 is 14.3 Å². The van der Waals surface area contributed by atoms with E-state index in [4.69, 9.17) is 4.74 Å². The number of anilines is 1. The number of amides is 2. The molecule has 29 heavy (non-hydrogen) atoms. The van der Waals surface area contributed by atoms with Gasteiger partial charge in [0.2, 0.25) is 5.88 Å². The number of nitrogens with zero attached hydrogens (tertiary/aromatic N) is 1. The minimum Gasteiger partial charge on any atom is -0.439 e. The number of hydrogen-bond acceptors (Lipinski definition) is 4. The summed E-state index contributed by atoms with van der Waals surface area (Å²) in [5.41, 5.74) is 1.46. The van der Waals surface area contributed by atoms with Gasteiger partial charge in [-0.25, -0.2) is 4.98 Å². The van der Waals surface area contributed by atoms with Crippen LogP contribution in [0.2, 0.25) is 0 Å². The molecule has 0 aliphatic heterocycles. The maximum absolute atomic E-state index is 12.5. The van der Waals surface area contributed by atoms with Crippen molar-refractivity contribution in [3.63, 3.8) is 0 Å². The molecule has 1 fully saturated rings. The minimum absolute atomic E-state index is 0.125. The predicted octanol–water partition coefficient (Wildman–Crippen LogP) is 4.78. The number of pyridine rings is 1. The molecule has 7 heteroatoms. The van der Waals surface area contributed by atoms with Crippen molar-refractivity contribution in [2.45, 2.75) is 18.9 Å². The lowest BCUT2D eigenvalue weighted by Crippen LogP contribution is -2.25. The average Bonchev–Trinajstić information content (AvgIpc) is 3.54. The number of carbonyl (C=O) groups is 2. The lowest BCUT2D eigenvalue weighted by molar-refractivity contribution is 0.0949. The zero-order valence-corrected chi connectivity index (χ0v) is 17.0. The van der Waals surface area contributed by atoms with E-state index in [2.05, 4.69) is 31.5 Å². The van der Waals surface area contributed by atoms with Gasteiger partial charge in [0, 0.05) is 34.0 Å². The number of rotatable bonds is 6. The molecule has 2 amide bonds. The first-order valence-corrected chi connectivity index (χ1v) is 9.98. The molecule has 0 bridgehead atoms. The first kappa shape index (κ1) is 19.1. The van der Waals surface area contributed by atoms with Gasteiger partial charge in [0.1, 0.15) is 5.75 Å². The summed E-state index contributed by atoms with van der Waals surface area (Å²) in [5, 5.41) is 5.73. The maximum Gasteiger partial charge on any atom is 0.257 e. The highest BCUT2D eigenvalue weighted by atomic mass is 79.9. The van der Waals surface area contributed by atoms with Gasteiger partial charge in [-0.1, -0.05) is 22.0 Å². The van der Waals surface area contributed by atoms with E-state index in [1.807, 2.05) is 24.3 Å². The van der Waals surface area contributed by atoms with Crippen molar-refractivity contribution in [1.82, 2.24) is 10.3 Å².